The van der Waals surface area contributed by atoms with Crippen LogP contribution in [0.5, 0.6) is 0 Å². The van der Waals surface area contributed by atoms with Crippen LogP contribution in [0.1, 0.15) is 33.6 Å². The lowest BCUT2D eigenvalue weighted by Gasteiger charge is -2.27. The Morgan fingerprint density at radius 2 is 2.00 bits per heavy atom. The molecule has 2 heterocycles. The third kappa shape index (κ3) is 1.03. The van der Waals surface area contributed by atoms with Gasteiger partial charge in [0, 0.05) is 12.6 Å². The van der Waals surface area contributed by atoms with Crippen molar-refractivity contribution in [2.45, 2.75) is 39.7 Å². The van der Waals surface area contributed by atoms with Gasteiger partial charge < -0.3 is 0 Å². The second-order valence-corrected chi connectivity index (χ2v) is 6.34. The quantitative estimate of drug-likeness (QED) is 0.552. The molecule has 0 N–H and O–H groups in total. The summed E-state index contributed by atoms with van der Waals surface area (Å²) in [5.74, 6) is 3.21. The third-order valence-corrected chi connectivity index (χ3v) is 4.53. The summed E-state index contributed by atoms with van der Waals surface area (Å²) in [5.41, 5.74) is 0.573. The zero-order valence-electron chi connectivity index (χ0n) is 9.09. The summed E-state index contributed by atoms with van der Waals surface area (Å²) in [7, 11) is 0. The molecule has 4 atom stereocenters. The average Bonchev–Trinajstić information content (AvgIpc) is 2.39. The Labute approximate surface area is 81.5 Å². The van der Waals surface area contributed by atoms with Crippen molar-refractivity contribution < 1.29 is 0 Å². The molecule has 0 aromatic carbocycles. The smallest absolute Gasteiger partial charge is 0.0130 e. The molecule has 0 amide bonds. The molecule has 0 aromatic rings. The molecule has 2 aliphatic heterocycles. The van der Waals surface area contributed by atoms with Crippen molar-refractivity contribution in [3.63, 3.8) is 0 Å². The van der Waals surface area contributed by atoms with E-state index in [0.29, 0.717) is 5.41 Å². The normalized spacial score (nSPS) is 49.2. The summed E-state index contributed by atoms with van der Waals surface area (Å²) >= 11 is 0. The van der Waals surface area contributed by atoms with Crippen LogP contribution in [0.3, 0.4) is 0 Å². The monoisotopic (exact) mass is 179 g/mol. The molecule has 2 saturated heterocycles. The first-order valence-electron chi connectivity index (χ1n) is 5.83. The molecular weight excluding hydrogens is 158 g/mol. The van der Waals surface area contributed by atoms with E-state index >= 15 is 0 Å². The summed E-state index contributed by atoms with van der Waals surface area (Å²) in [5, 5.41) is 0. The number of rotatable bonds is 0. The van der Waals surface area contributed by atoms with Gasteiger partial charge in [-0.2, -0.15) is 0 Å². The minimum absolute atomic E-state index is 0.573. The van der Waals surface area contributed by atoms with Gasteiger partial charge in [-0.3, -0.25) is 4.90 Å². The van der Waals surface area contributed by atoms with Gasteiger partial charge in [0.25, 0.3) is 0 Å². The van der Waals surface area contributed by atoms with Crippen LogP contribution in [0.2, 0.25) is 0 Å². The van der Waals surface area contributed by atoms with E-state index in [0.717, 1.165) is 23.8 Å². The maximum atomic E-state index is 2.75. The van der Waals surface area contributed by atoms with E-state index < -0.39 is 0 Å². The highest BCUT2D eigenvalue weighted by Gasteiger charge is 2.64. The minimum atomic E-state index is 0.573. The fraction of sp³-hybridized carbons (Fsp3) is 1.00. The molecule has 0 radical (unpaired) electrons. The zero-order valence-corrected chi connectivity index (χ0v) is 9.09. The van der Waals surface area contributed by atoms with Gasteiger partial charge in [0.2, 0.25) is 0 Å². The van der Waals surface area contributed by atoms with E-state index in [-0.39, 0.29) is 0 Å². The molecule has 13 heavy (non-hydrogen) atoms. The number of hydrogen-bond acceptors (Lipinski definition) is 1. The lowest BCUT2D eigenvalue weighted by molar-refractivity contribution is 0.205. The van der Waals surface area contributed by atoms with Crippen LogP contribution in [0.15, 0.2) is 0 Å². The predicted molar refractivity (Wildman–Crippen MR) is 54.5 cm³/mol. The predicted octanol–water partition coefficient (Wildman–Crippen LogP) is 2.37. The SMILES string of the molecule is CC(C)(C)C1C2CN3CCCC3C21. The molecule has 3 aliphatic rings. The highest BCUT2D eigenvalue weighted by molar-refractivity contribution is 5.15. The van der Waals surface area contributed by atoms with Crippen LogP contribution in [0.25, 0.3) is 0 Å². The van der Waals surface area contributed by atoms with Crippen LogP contribution in [-0.2, 0) is 0 Å². The van der Waals surface area contributed by atoms with E-state index in [2.05, 4.69) is 25.7 Å². The number of piperidine rings is 1. The van der Waals surface area contributed by atoms with Crippen molar-refractivity contribution in [3.8, 4) is 0 Å². The Bertz CT molecular complexity index is 228. The minimum Gasteiger partial charge on any atom is -0.300 e. The summed E-state index contributed by atoms with van der Waals surface area (Å²) in [4.78, 5) is 2.75. The fourth-order valence-corrected chi connectivity index (χ4v) is 4.17. The van der Waals surface area contributed by atoms with E-state index in [1.54, 1.807) is 0 Å². The lowest BCUT2D eigenvalue weighted by Crippen LogP contribution is -2.31. The Morgan fingerprint density at radius 1 is 1.23 bits per heavy atom. The summed E-state index contributed by atoms with van der Waals surface area (Å²) in [6.45, 7) is 10.1. The van der Waals surface area contributed by atoms with Crippen molar-refractivity contribution in [1.29, 1.82) is 0 Å². The van der Waals surface area contributed by atoms with E-state index in [9.17, 15) is 0 Å². The third-order valence-electron chi connectivity index (χ3n) is 4.53. The van der Waals surface area contributed by atoms with E-state index in [4.69, 9.17) is 0 Å². The first kappa shape index (κ1) is 8.28. The average molecular weight is 179 g/mol. The Balaban J connectivity index is 1.76. The number of nitrogens with zero attached hydrogens (tertiary/aromatic N) is 1. The van der Waals surface area contributed by atoms with Crippen molar-refractivity contribution in [1.82, 2.24) is 4.90 Å². The summed E-state index contributed by atoms with van der Waals surface area (Å²) < 4.78 is 0. The first-order chi connectivity index (χ1) is 6.09. The lowest BCUT2D eigenvalue weighted by atomic mass is 9.86. The maximum Gasteiger partial charge on any atom is 0.0130 e. The molecule has 1 heteroatoms. The molecule has 1 nitrogen and oxygen atoms in total. The van der Waals surface area contributed by atoms with Crippen LogP contribution < -0.4 is 0 Å². The van der Waals surface area contributed by atoms with Crippen molar-refractivity contribution in [2.24, 2.45) is 23.2 Å². The molecular formula is C12H21N. The second-order valence-electron chi connectivity index (χ2n) is 6.34. The molecule has 0 aromatic heterocycles. The number of hydrogen-bond donors (Lipinski definition) is 0. The molecule has 3 rings (SSSR count). The molecule has 1 aliphatic carbocycles. The van der Waals surface area contributed by atoms with Crippen LogP contribution in [0.4, 0.5) is 0 Å². The van der Waals surface area contributed by atoms with Crippen LogP contribution >= 0.6 is 0 Å². The fourth-order valence-electron chi connectivity index (χ4n) is 4.17. The summed E-state index contributed by atoms with van der Waals surface area (Å²) in [6, 6.07) is 0.995. The molecule has 3 fully saturated rings. The molecule has 4 unspecified atom stereocenters. The zero-order chi connectivity index (χ0) is 9.22. The number of fused-ring (bicyclic) bond motifs is 3. The van der Waals surface area contributed by atoms with Gasteiger partial charge in [-0.1, -0.05) is 20.8 Å². The highest BCUT2D eigenvalue weighted by atomic mass is 15.2. The van der Waals surface area contributed by atoms with E-state index in [1.165, 1.54) is 25.9 Å². The molecule has 0 bridgehead atoms. The van der Waals surface area contributed by atoms with Gasteiger partial charge in [-0.05, 0) is 42.6 Å². The standard InChI is InChI=1S/C12H21N/c1-12(2,3)11-8-7-13-6-4-5-9(13)10(8)11/h8-11H,4-7H2,1-3H3. The molecule has 0 spiro atoms. The first-order valence-corrected chi connectivity index (χ1v) is 5.83. The van der Waals surface area contributed by atoms with Gasteiger partial charge >= 0.3 is 0 Å². The molecule has 74 valence electrons. The van der Waals surface area contributed by atoms with Crippen molar-refractivity contribution >= 4 is 0 Å². The van der Waals surface area contributed by atoms with Gasteiger partial charge in [-0.25, -0.2) is 0 Å². The Kier molecular flexibility index (Phi) is 1.47. The van der Waals surface area contributed by atoms with Crippen LogP contribution in [-0.4, -0.2) is 24.0 Å². The largest absolute Gasteiger partial charge is 0.300 e. The Morgan fingerprint density at radius 3 is 2.69 bits per heavy atom. The second kappa shape index (κ2) is 2.31. The van der Waals surface area contributed by atoms with Gasteiger partial charge in [0.1, 0.15) is 0 Å². The van der Waals surface area contributed by atoms with Gasteiger partial charge in [0.15, 0.2) is 0 Å². The van der Waals surface area contributed by atoms with Crippen molar-refractivity contribution in [2.75, 3.05) is 13.1 Å². The van der Waals surface area contributed by atoms with Gasteiger partial charge in [-0.15, -0.1) is 0 Å². The van der Waals surface area contributed by atoms with Crippen LogP contribution in [0, 0.1) is 23.2 Å². The summed E-state index contributed by atoms with van der Waals surface area (Å²) in [6.07, 6.45) is 2.96. The highest BCUT2D eigenvalue weighted by Crippen LogP contribution is 2.64. The van der Waals surface area contributed by atoms with Crippen molar-refractivity contribution in [3.05, 3.63) is 0 Å². The van der Waals surface area contributed by atoms with E-state index in [1.807, 2.05) is 0 Å². The maximum absolute atomic E-state index is 2.75. The topological polar surface area (TPSA) is 3.24 Å². The molecule has 1 saturated carbocycles. The Hall–Kier alpha value is -0.0400. The van der Waals surface area contributed by atoms with Gasteiger partial charge in [0.05, 0.1) is 0 Å².